The fourth-order valence-corrected chi connectivity index (χ4v) is 1.84. The Morgan fingerprint density at radius 2 is 2.59 bits per heavy atom. The van der Waals surface area contributed by atoms with E-state index in [4.69, 9.17) is 16.9 Å². The Bertz CT molecular complexity index is 519. The molecule has 17 heavy (non-hydrogen) atoms. The zero-order valence-electron chi connectivity index (χ0n) is 9.17. The molecule has 1 aromatic heterocycles. The van der Waals surface area contributed by atoms with Crippen LogP contribution in [0.2, 0.25) is 0 Å². The predicted molar refractivity (Wildman–Crippen MR) is 60.9 cm³/mol. The van der Waals surface area contributed by atoms with Gasteiger partial charge in [-0.05, 0) is 18.9 Å². The second kappa shape index (κ2) is 4.20. The molecule has 1 aromatic rings. The Kier molecular flexibility index (Phi) is 2.88. The van der Waals surface area contributed by atoms with Gasteiger partial charge in [0.15, 0.2) is 5.60 Å². The average Bonchev–Trinajstić information content (AvgIpc) is 2.74. The summed E-state index contributed by atoms with van der Waals surface area (Å²) in [5.41, 5.74) is 3.91. The van der Waals surface area contributed by atoms with Gasteiger partial charge in [-0.3, -0.25) is 4.57 Å². The van der Waals surface area contributed by atoms with Gasteiger partial charge in [-0.25, -0.2) is 4.79 Å². The number of rotatable bonds is 2. The van der Waals surface area contributed by atoms with Crippen molar-refractivity contribution in [1.82, 2.24) is 9.55 Å². The van der Waals surface area contributed by atoms with Crippen LogP contribution in [0.3, 0.4) is 0 Å². The molecule has 1 aliphatic heterocycles. The van der Waals surface area contributed by atoms with Crippen LogP contribution in [-0.2, 0) is 4.74 Å². The number of aliphatic hydroxyl groups excluding tert-OH is 1. The lowest BCUT2D eigenvalue weighted by atomic mass is 10.0. The number of ether oxygens (including phenoxy) is 1. The van der Waals surface area contributed by atoms with Gasteiger partial charge in [0, 0.05) is 6.20 Å². The number of hydrogen-bond donors (Lipinski definition) is 2. The standard InChI is InChI=1S/C11H13N3O3/c1-2-11(7-15)5-3-9(17-11)14-6-4-8(12)13-10(14)16/h1,4,6,9,15H,3,5,7H2,(H2,12,13,16)/t9-,11+/m1/s1. The first-order valence-electron chi connectivity index (χ1n) is 5.21. The summed E-state index contributed by atoms with van der Waals surface area (Å²) >= 11 is 0. The molecule has 0 unspecified atom stereocenters. The molecule has 1 aliphatic rings. The third-order valence-electron chi connectivity index (χ3n) is 2.84. The van der Waals surface area contributed by atoms with Crippen molar-refractivity contribution in [2.45, 2.75) is 24.7 Å². The van der Waals surface area contributed by atoms with Gasteiger partial charge in [0.2, 0.25) is 0 Å². The molecule has 2 atom stereocenters. The normalized spacial score (nSPS) is 27.9. The van der Waals surface area contributed by atoms with Crippen molar-refractivity contribution in [3.05, 3.63) is 22.7 Å². The van der Waals surface area contributed by atoms with Gasteiger partial charge in [0.25, 0.3) is 0 Å². The maximum absolute atomic E-state index is 11.6. The summed E-state index contributed by atoms with van der Waals surface area (Å²) < 4.78 is 6.87. The Morgan fingerprint density at radius 3 is 3.12 bits per heavy atom. The Balaban J connectivity index is 2.27. The molecule has 3 N–H and O–H groups in total. The molecule has 0 bridgehead atoms. The maximum Gasteiger partial charge on any atom is 0.351 e. The smallest absolute Gasteiger partial charge is 0.351 e. The molecule has 0 aliphatic carbocycles. The highest BCUT2D eigenvalue weighted by atomic mass is 16.5. The topological polar surface area (TPSA) is 90.4 Å². The summed E-state index contributed by atoms with van der Waals surface area (Å²) in [5, 5.41) is 9.20. The molecule has 0 amide bonds. The van der Waals surface area contributed by atoms with Gasteiger partial charge in [0.05, 0.1) is 6.61 Å². The fraction of sp³-hybridized carbons (Fsp3) is 0.455. The summed E-state index contributed by atoms with van der Waals surface area (Å²) in [7, 11) is 0. The lowest BCUT2D eigenvalue weighted by molar-refractivity contribution is -0.0648. The summed E-state index contributed by atoms with van der Waals surface area (Å²) in [6.45, 7) is -0.267. The van der Waals surface area contributed by atoms with Gasteiger partial charge < -0.3 is 15.6 Å². The quantitative estimate of drug-likeness (QED) is 0.674. The van der Waals surface area contributed by atoms with Gasteiger partial charge in [-0.2, -0.15) is 4.98 Å². The molecule has 90 valence electrons. The summed E-state index contributed by atoms with van der Waals surface area (Å²) in [4.78, 5) is 15.2. The molecule has 0 saturated carbocycles. The highest BCUT2D eigenvalue weighted by Crippen LogP contribution is 2.34. The van der Waals surface area contributed by atoms with Crippen molar-refractivity contribution < 1.29 is 9.84 Å². The fourth-order valence-electron chi connectivity index (χ4n) is 1.84. The zero-order valence-corrected chi connectivity index (χ0v) is 9.17. The monoisotopic (exact) mass is 235 g/mol. The van der Waals surface area contributed by atoms with Crippen LogP contribution in [0, 0.1) is 12.3 Å². The Hall–Kier alpha value is -1.84. The molecule has 6 nitrogen and oxygen atoms in total. The molecular weight excluding hydrogens is 222 g/mol. The van der Waals surface area contributed by atoms with Crippen LogP contribution in [0.15, 0.2) is 17.1 Å². The number of anilines is 1. The van der Waals surface area contributed by atoms with Crippen molar-refractivity contribution in [3.8, 4) is 12.3 Å². The summed E-state index contributed by atoms with van der Waals surface area (Å²) in [5.74, 6) is 2.59. The first kappa shape index (κ1) is 11.6. The van der Waals surface area contributed by atoms with E-state index in [1.165, 1.54) is 16.8 Å². The van der Waals surface area contributed by atoms with E-state index in [0.29, 0.717) is 12.8 Å². The van der Waals surface area contributed by atoms with Crippen molar-refractivity contribution in [2.24, 2.45) is 0 Å². The number of hydrogen-bond acceptors (Lipinski definition) is 5. The van der Waals surface area contributed by atoms with E-state index in [1.54, 1.807) is 0 Å². The highest BCUT2D eigenvalue weighted by molar-refractivity contribution is 5.23. The SMILES string of the molecule is C#C[C@@]1(CO)CC[C@H](n2ccc(N)nc2=O)O1. The first-order chi connectivity index (χ1) is 8.10. The van der Waals surface area contributed by atoms with Crippen LogP contribution in [0.4, 0.5) is 5.82 Å². The van der Waals surface area contributed by atoms with Crippen LogP contribution in [0.5, 0.6) is 0 Å². The molecule has 1 fully saturated rings. The molecule has 1 saturated heterocycles. The van der Waals surface area contributed by atoms with E-state index in [2.05, 4.69) is 10.9 Å². The molecule has 0 aromatic carbocycles. The van der Waals surface area contributed by atoms with Crippen LogP contribution in [-0.4, -0.2) is 26.9 Å². The maximum atomic E-state index is 11.6. The van der Waals surface area contributed by atoms with Crippen molar-refractivity contribution in [1.29, 1.82) is 0 Å². The second-order valence-corrected chi connectivity index (χ2v) is 3.95. The van der Waals surface area contributed by atoms with E-state index in [9.17, 15) is 9.90 Å². The van der Waals surface area contributed by atoms with Crippen molar-refractivity contribution in [3.63, 3.8) is 0 Å². The van der Waals surface area contributed by atoms with Crippen LogP contribution >= 0.6 is 0 Å². The number of nitrogens with zero attached hydrogens (tertiary/aromatic N) is 2. The van der Waals surface area contributed by atoms with Gasteiger partial charge in [0.1, 0.15) is 12.0 Å². The Labute approximate surface area is 98.0 Å². The number of terminal acetylenes is 1. The summed E-state index contributed by atoms with van der Waals surface area (Å²) in [6, 6.07) is 1.51. The van der Waals surface area contributed by atoms with E-state index < -0.39 is 17.5 Å². The minimum absolute atomic E-state index is 0.162. The van der Waals surface area contributed by atoms with E-state index in [1.807, 2.05) is 0 Å². The molecule has 2 rings (SSSR count). The molecule has 0 spiro atoms. The number of aromatic nitrogens is 2. The zero-order chi connectivity index (χ0) is 12.5. The third-order valence-corrected chi connectivity index (χ3v) is 2.84. The first-order valence-corrected chi connectivity index (χ1v) is 5.21. The van der Waals surface area contributed by atoms with Crippen LogP contribution in [0.1, 0.15) is 19.1 Å². The summed E-state index contributed by atoms with van der Waals surface area (Å²) in [6.07, 6.45) is 7.39. The van der Waals surface area contributed by atoms with Crippen molar-refractivity contribution >= 4 is 5.82 Å². The van der Waals surface area contributed by atoms with Crippen molar-refractivity contribution in [2.75, 3.05) is 12.3 Å². The van der Waals surface area contributed by atoms with E-state index in [0.717, 1.165) is 0 Å². The predicted octanol–water partition coefficient (Wildman–Crippen LogP) is -0.501. The van der Waals surface area contributed by atoms with E-state index >= 15 is 0 Å². The third kappa shape index (κ3) is 2.02. The molecule has 0 radical (unpaired) electrons. The molecule has 2 heterocycles. The van der Waals surface area contributed by atoms with Gasteiger partial charge in [-0.15, -0.1) is 6.42 Å². The van der Waals surface area contributed by atoms with Crippen LogP contribution in [0.25, 0.3) is 0 Å². The molecule has 6 heteroatoms. The highest BCUT2D eigenvalue weighted by Gasteiger charge is 2.39. The lowest BCUT2D eigenvalue weighted by Crippen LogP contribution is -2.33. The minimum atomic E-state index is -0.995. The number of nitrogens with two attached hydrogens (primary N) is 1. The average molecular weight is 235 g/mol. The Morgan fingerprint density at radius 1 is 1.82 bits per heavy atom. The number of aliphatic hydroxyl groups is 1. The van der Waals surface area contributed by atoms with Crippen LogP contribution < -0.4 is 11.4 Å². The van der Waals surface area contributed by atoms with Gasteiger partial charge >= 0.3 is 5.69 Å². The second-order valence-electron chi connectivity index (χ2n) is 3.95. The lowest BCUT2D eigenvalue weighted by Gasteiger charge is -2.21. The largest absolute Gasteiger partial charge is 0.392 e. The van der Waals surface area contributed by atoms with E-state index in [-0.39, 0.29) is 12.4 Å². The number of nitrogen functional groups attached to an aromatic ring is 1. The van der Waals surface area contributed by atoms with Gasteiger partial charge in [-0.1, -0.05) is 5.92 Å². The molecular formula is C11H13N3O3. The minimum Gasteiger partial charge on any atom is -0.392 e.